The number of hydrogen-bond donors (Lipinski definition) is 2. The standard InChI is InChI=1S/C99H136N2O24S2/c1-13-66(50-90(7,86(108)122-98-46-62-31-63(47-98)43-96(110,42-62)56-98)54-92(9,84(106)118-78-25-27-116-80(78)102)52-88(3,4)82(104)120-94(11)70-33-58-29-59(35-70)36-71(94)34-58)68-15-21-76(22-16-68)126(112,113)124-100-74-19-20-75(41-74)101-125-127(114,115)77-23-17-69(18-24-77)67(14-2)51-91(8,87(109)123-99-48-64-32-65(49-99)45-97(111,44-64)57-99)55-93(10,85(107)119-79-26-28-117-81(79)103)53-89(5,6)83(105)121-95(12)72-37-60-30-61(39-72)40-73(95)38-60/h15-18,21-24,58-67,70-73,78-79,110-111H,13-14,19-20,25-57H2,1-12H3/b100-74+,101-75+. The fourth-order valence-electron chi connectivity index (χ4n) is 29.8. The molecular formula is C99H136N2O24S2. The van der Waals surface area contributed by atoms with Crippen LogP contribution in [0.25, 0.3) is 0 Å². The molecule has 26 nitrogen and oxygen atoms in total. The molecular weight excluding hydrogens is 1670 g/mol. The van der Waals surface area contributed by atoms with E-state index in [1.807, 2.05) is 13.8 Å². The molecule has 17 aliphatic carbocycles. The second-order valence-electron chi connectivity index (χ2n) is 46.5. The third-order valence-corrected chi connectivity index (χ3v) is 36.8. The monoisotopic (exact) mass is 1800 g/mol. The zero-order valence-corrected chi connectivity index (χ0v) is 78.2. The summed E-state index contributed by atoms with van der Waals surface area (Å²) in [6, 6.07) is 12.1. The van der Waals surface area contributed by atoms with Gasteiger partial charge in [-0.15, -0.1) is 0 Å². The molecule has 127 heavy (non-hydrogen) atoms. The molecule has 2 aliphatic heterocycles. The van der Waals surface area contributed by atoms with Gasteiger partial charge in [0.1, 0.15) is 32.2 Å². The van der Waals surface area contributed by atoms with Crippen molar-refractivity contribution in [2.45, 2.75) is 375 Å². The number of nitrogens with zero attached hydrogens (tertiary/aromatic N) is 2. The molecule has 2 heterocycles. The maximum atomic E-state index is 15.8. The van der Waals surface area contributed by atoms with Crippen molar-refractivity contribution < 1.29 is 112 Å². The number of hydrogen-bond acceptors (Lipinski definition) is 26. The van der Waals surface area contributed by atoms with E-state index in [0.717, 1.165) is 64.2 Å². The van der Waals surface area contributed by atoms with Gasteiger partial charge in [0, 0.05) is 32.1 Å². The minimum atomic E-state index is -4.58. The van der Waals surface area contributed by atoms with E-state index in [9.17, 15) is 46.2 Å². The van der Waals surface area contributed by atoms with Gasteiger partial charge in [-0.1, -0.05) is 48.4 Å². The summed E-state index contributed by atoms with van der Waals surface area (Å²) in [5.41, 5.74) is -12.3. The van der Waals surface area contributed by atoms with Crippen molar-refractivity contribution in [3.05, 3.63) is 59.7 Å². The Morgan fingerprint density at radius 2 is 0.740 bits per heavy atom. The molecule has 21 rings (SSSR count). The molecule has 2 saturated heterocycles. The molecule has 28 heteroatoms. The summed E-state index contributed by atoms with van der Waals surface area (Å²) in [4.78, 5) is 118. The summed E-state index contributed by atoms with van der Waals surface area (Å²) in [6.45, 7) is 22.1. The average Bonchev–Trinajstić information content (AvgIpc) is 1.03. The molecule has 0 aromatic heterocycles. The number of cyclic esters (lactones) is 2. The fourth-order valence-corrected chi connectivity index (χ4v) is 31.3. The molecule has 19 fully saturated rings. The number of benzene rings is 2. The van der Waals surface area contributed by atoms with Gasteiger partial charge in [-0.25, -0.2) is 9.59 Å². The Hall–Kier alpha value is -7.04. The first-order valence-corrected chi connectivity index (χ1v) is 50.7. The summed E-state index contributed by atoms with van der Waals surface area (Å²) >= 11 is 0. The Labute approximate surface area is 749 Å². The van der Waals surface area contributed by atoms with Gasteiger partial charge in [-0.05, 0) is 380 Å². The summed E-state index contributed by atoms with van der Waals surface area (Å²) in [5, 5.41) is 31.9. The minimum Gasteiger partial charge on any atom is -0.463 e. The van der Waals surface area contributed by atoms with Gasteiger partial charge < -0.3 is 48.1 Å². The molecule has 0 radical (unpaired) electrons. The predicted octanol–water partition coefficient (Wildman–Crippen LogP) is 16.6. The fraction of sp³-hybridized carbons (Fsp3) is 0.778. The lowest BCUT2D eigenvalue weighted by atomic mass is 9.50. The van der Waals surface area contributed by atoms with E-state index in [0.29, 0.717) is 99.0 Å². The van der Waals surface area contributed by atoms with Gasteiger partial charge in [-0.3, -0.25) is 37.3 Å². The molecule has 12 atom stereocenters. The van der Waals surface area contributed by atoms with Gasteiger partial charge in [-0.2, -0.15) is 16.8 Å². The van der Waals surface area contributed by atoms with Crippen molar-refractivity contribution in [1.82, 2.24) is 0 Å². The van der Waals surface area contributed by atoms with E-state index >= 15 is 19.2 Å². The Bertz CT molecular complexity index is 4570. The lowest BCUT2D eigenvalue weighted by Crippen LogP contribution is -2.61. The lowest BCUT2D eigenvalue weighted by molar-refractivity contribution is -0.229. The van der Waals surface area contributed by atoms with Crippen molar-refractivity contribution >= 4 is 79.4 Å². The van der Waals surface area contributed by atoms with E-state index in [2.05, 4.69) is 24.2 Å². The van der Waals surface area contributed by atoms with E-state index in [4.69, 9.17) is 46.5 Å². The van der Waals surface area contributed by atoms with Crippen molar-refractivity contribution in [3.8, 4) is 0 Å². The van der Waals surface area contributed by atoms with Crippen LogP contribution in [0.15, 0.2) is 68.6 Å². The van der Waals surface area contributed by atoms with Gasteiger partial charge in [0.25, 0.3) is 0 Å². The Kier molecular flexibility index (Phi) is 23.9. The van der Waals surface area contributed by atoms with Crippen molar-refractivity contribution in [2.24, 2.45) is 114 Å². The normalized spacial score (nSPS) is 37.7. The molecule has 19 aliphatic rings. The molecule has 2 N–H and O–H groups in total. The number of rotatable bonds is 34. The maximum absolute atomic E-state index is 15.8. The van der Waals surface area contributed by atoms with E-state index < -0.39 is 158 Å². The van der Waals surface area contributed by atoms with Crippen LogP contribution in [0.1, 0.15) is 331 Å². The Balaban J connectivity index is 0.571. The number of carbonyl (C=O) groups excluding carboxylic acids is 8. The molecule has 2 aromatic carbocycles. The molecule has 17 saturated carbocycles. The van der Waals surface area contributed by atoms with Crippen LogP contribution in [0, 0.1) is 104 Å². The quantitative estimate of drug-likeness (QED) is 0.0373. The van der Waals surface area contributed by atoms with Crippen molar-refractivity contribution in [3.63, 3.8) is 0 Å². The van der Waals surface area contributed by atoms with Crippen LogP contribution in [-0.2, 0) is 105 Å². The number of aliphatic hydroxyl groups is 2. The highest BCUT2D eigenvalue weighted by Gasteiger charge is 2.66. The lowest BCUT2D eigenvalue weighted by Gasteiger charge is -2.59. The number of ether oxygens (including phenoxy) is 8. The maximum Gasteiger partial charge on any atom is 0.358 e. The van der Waals surface area contributed by atoms with E-state index in [-0.39, 0.29) is 165 Å². The first kappa shape index (κ1) is 91.8. The van der Waals surface area contributed by atoms with E-state index in [1.165, 1.54) is 37.1 Å². The average molecular weight is 1800 g/mol. The zero-order chi connectivity index (χ0) is 90.6. The Morgan fingerprint density at radius 3 is 1.03 bits per heavy atom. The zero-order valence-electron chi connectivity index (χ0n) is 76.6. The third-order valence-electron chi connectivity index (χ3n) is 34.6. The van der Waals surface area contributed by atoms with Crippen LogP contribution < -0.4 is 0 Å². The third kappa shape index (κ3) is 18.1. The summed E-state index contributed by atoms with van der Waals surface area (Å²) in [5.74, 6) is -1.84. The topological polar surface area (TPSA) is 362 Å². The summed E-state index contributed by atoms with van der Waals surface area (Å²) in [6.07, 6.45) is 16.4. The van der Waals surface area contributed by atoms with Crippen molar-refractivity contribution in [1.29, 1.82) is 0 Å². The largest absolute Gasteiger partial charge is 0.463 e. The molecule has 0 spiro atoms. The summed E-state index contributed by atoms with van der Waals surface area (Å²) in [7, 11) is -9.16. The van der Waals surface area contributed by atoms with E-state index in [1.54, 1.807) is 79.7 Å². The van der Waals surface area contributed by atoms with Gasteiger partial charge in [0.15, 0.2) is 0 Å². The molecule has 12 unspecified atom stereocenters. The van der Waals surface area contributed by atoms with Crippen LogP contribution in [-0.4, -0.2) is 145 Å². The molecule has 698 valence electrons. The minimum absolute atomic E-state index is 0.0591. The number of oxime groups is 2. The molecule has 16 bridgehead atoms. The predicted molar refractivity (Wildman–Crippen MR) is 463 cm³/mol. The second kappa shape index (κ2) is 33.0. The number of esters is 8. The number of carbonyl (C=O) groups is 8. The smallest absolute Gasteiger partial charge is 0.358 e. The highest BCUT2D eigenvalue weighted by atomic mass is 32.2. The van der Waals surface area contributed by atoms with Gasteiger partial charge in [0.2, 0.25) is 12.2 Å². The van der Waals surface area contributed by atoms with Gasteiger partial charge >= 0.3 is 68.0 Å². The van der Waals surface area contributed by atoms with Crippen LogP contribution in [0.3, 0.4) is 0 Å². The van der Waals surface area contributed by atoms with Crippen LogP contribution in [0.4, 0.5) is 0 Å². The Morgan fingerprint density at radius 1 is 0.425 bits per heavy atom. The summed E-state index contributed by atoms with van der Waals surface area (Å²) < 4.78 is 117. The van der Waals surface area contributed by atoms with Crippen LogP contribution in [0.5, 0.6) is 0 Å². The van der Waals surface area contributed by atoms with Gasteiger partial charge in [0.05, 0.1) is 68.3 Å². The van der Waals surface area contributed by atoms with Crippen LogP contribution >= 0.6 is 0 Å². The second-order valence-corrected chi connectivity index (χ2v) is 49.6. The molecule has 0 amide bonds. The van der Waals surface area contributed by atoms with Crippen molar-refractivity contribution in [2.75, 3.05) is 13.2 Å². The van der Waals surface area contributed by atoms with Crippen LogP contribution in [0.2, 0.25) is 0 Å². The first-order chi connectivity index (χ1) is 59.5. The first-order valence-electron chi connectivity index (χ1n) is 47.9. The molecule has 2 aromatic rings. The highest BCUT2D eigenvalue weighted by molar-refractivity contribution is 7.87. The highest BCUT2D eigenvalue weighted by Crippen LogP contribution is 2.66. The SMILES string of the molecule is CCC(CC(C)(CC(C)(CC(C)(C)C(=O)OC1(C)C2CC3CC(C2)CC1C3)C(=O)OC1CCOC1=O)C(=O)OC12CC3CC(CC(O)(C3)C1)C2)c1ccc(S(=O)(=O)O/N=C2\CC/C(=N\OS(=O)(=O)c3ccc(C(CC)CC(C)(CC(C)(CC(C)(C)C(=O)OC4(C)C5CC6CC(C5)CC4C6)C(=O)OC4CCOC4=O)C(=O)OC45CC6CC(CC(O)(C6)C4)C5)cc3)C2)cc1.